The van der Waals surface area contributed by atoms with Crippen LogP contribution in [0.3, 0.4) is 0 Å². The number of esters is 1. The van der Waals surface area contributed by atoms with Crippen LogP contribution in [0.4, 0.5) is 5.69 Å². The topological polar surface area (TPSA) is 55.4 Å². The summed E-state index contributed by atoms with van der Waals surface area (Å²) in [4.78, 5) is 24.0. The highest BCUT2D eigenvalue weighted by Gasteiger charge is 2.06. The lowest BCUT2D eigenvalue weighted by molar-refractivity contribution is 0.0600. The molecule has 0 radical (unpaired) electrons. The third-order valence-corrected chi connectivity index (χ3v) is 4.04. The monoisotopic (exact) mass is 369 g/mol. The van der Waals surface area contributed by atoms with E-state index >= 15 is 0 Å². The van der Waals surface area contributed by atoms with Gasteiger partial charge in [-0.3, -0.25) is 4.79 Å². The number of anilines is 1. The maximum absolute atomic E-state index is 12.4. The molecule has 138 valence electrons. The van der Waals surface area contributed by atoms with Gasteiger partial charge in [0.05, 0.1) is 12.7 Å². The van der Waals surface area contributed by atoms with Crippen molar-refractivity contribution in [2.45, 2.75) is 6.92 Å². The SMILES string of the molecule is COC(=O)c1cccc(C#Cc2cccc(NC(=O)c3cccc(C)c3)c2)c1. The van der Waals surface area contributed by atoms with Crippen LogP contribution in [0.2, 0.25) is 0 Å². The minimum absolute atomic E-state index is 0.167. The second-order valence-corrected chi connectivity index (χ2v) is 6.23. The van der Waals surface area contributed by atoms with Gasteiger partial charge in [0.2, 0.25) is 0 Å². The maximum atomic E-state index is 12.4. The number of rotatable bonds is 3. The van der Waals surface area contributed by atoms with Gasteiger partial charge in [0.15, 0.2) is 0 Å². The Morgan fingerprint density at radius 1 is 0.821 bits per heavy atom. The maximum Gasteiger partial charge on any atom is 0.337 e. The van der Waals surface area contributed by atoms with Gasteiger partial charge in [0, 0.05) is 22.4 Å². The van der Waals surface area contributed by atoms with Crippen molar-refractivity contribution in [3.63, 3.8) is 0 Å². The van der Waals surface area contributed by atoms with Crippen molar-refractivity contribution in [2.24, 2.45) is 0 Å². The molecule has 0 heterocycles. The Balaban J connectivity index is 1.77. The summed E-state index contributed by atoms with van der Waals surface area (Å²) in [6, 6.07) is 21.7. The van der Waals surface area contributed by atoms with E-state index in [4.69, 9.17) is 4.74 Å². The number of amides is 1. The lowest BCUT2D eigenvalue weighted by Gasteiger charge is -2.06. The van der Waals surface area contributed by atoms with Crippen LogP contribution in [-0.4, -0.2) is 19.0 Å². The second kappa shape index (κ2) is 8.70. The van der Waals surface area contributed by atoms with Crippen molar-refractivity contribution in [2.75, 3.05) is 12.4 Å². The first-order valence-corrected chi connectivity index (χ1v) is 8.73. The van der Waals surface area contributed by atoms with E-state index in [-0.39, 0.29) is 5.91 Å². The Kier molecular flexibility index (Phi) is 5.88. The molecule has 4 heteroatoms. The first-order chi connectivity index (χ1) is 13.5. The zero-order valence-corrected chi connectivity index (χ0v) is 15.7. The zero-order valence-electron chi connectivity index (χ0n) is 15.7. The molecule has 28 heavy (non-hydrogen) atoms. The molecule has 0 saturated carbocycles. The lowest BCUT2D eigenvalue weighted by Crippen LogP contribution is -2.11. The molecule has 0 aliphatic heterocycles. The highest BCUT2D eigenvalue weighted by atomic mass is 16.5. The van der Waals surface area contributed by atoms with Crippen LogP contribution in [0.25, 0.3) is 0 Å². The smallest absolute Gasteiger partial charge is 0.337 e. The van der Waals surface area contributed by atoms with Gasteiger partial charge in [0.25, 0.3) is 5.91 Å². The highest BCUT2D eigenvalue weighted by molar-refractivity contribution is 6.04. The molecule has 4 nitrogen and oxygen atoms in total. The molecule has 0 aliphatic rings. The number of aryl methyl sites for hydroxylation is 1. The zero-order chi connectivity index (χ0) is 19.9. The molecule has 0 bridgehead atoms. The lowest BCUT2D eigenvalue weighted by atomic mass is 10.1. The van der Waals surface area contributed by atoms with E-state index in [1.807, 2.05) is 55.5 Å². The van der Waals surface area contributed by atoms with E-state index < -0.39 is 5.97 Å². The number of nitrogens with one attached hydrogen (secondary N) is 1. The standard InChI is InChI=1S/C24H19NO3/c1-17-6-3-9-20(14-17)23(26)25-22-11-5-8-19(16-22)13-12-18-7-4-10-21(15-18)24(27)28-2/h3-11,14-16H,1-2H3,(H,25,26). The molecule has 1 N–H and O–H groups in total. The van der Waals surface area contributed by atoms with Gasteiger partial charge in [-0.1, -0.05) is 41.7 Å². The minimum Gasteiger partial charge on any atom is -0.465 e. The van der Waals surface area contributed by atoms with Crippen LogP contribution >= 0.6 is 0 Å². The molecular formula is C24H19NO3. The molecule has 0 aromatic heterocycles. The summed E-state index contributed by atoms with van der Waals surface area (Å²) in [6.07, 6.45) is 0. The molecule has 0 atom stereocenters. The fraction of sp³-hybridized carbons (Fsp3) is 0.0833. The first-order valence-electron chi connectivity index (χ1n) is 8.73. The average molecular weight is 369 g/mol. The Morgan fingerprint density at radius 2 is 1.46 bits per heavy atom. The Bertz CT molecular complexity index is 1090. The van der Waals surface area contributed by atoms with Gasteiger partial charge in [-0.15, -0.1) is 0 Å². The summed E-state index contributed by atoms with van der Waals surface area (Å²) in [6.45, 7) is 1.95. The predicted octanol–water partition coefficient (Wildman–Crippen LogP) is 4.43. The summed E-state index contributed by atoms with van der Waals surface area (Å²) in [7, 11) is 1.34. The molecular weight excluding hydrogens is 350 g/mol. The quantitative estimate of drug-likeness (QED) is 0.549. The highest BCUT2D eigenvalue weighted by Crippen LogP contribution is 2.13. The van der Waals surface area contributed by atoms with Gasteiger partial charge >= 0.3 is 5.97 Å². The van der Waals surface area contributed by atoms with E-state index in [1.54, 1.807) is 24.3 Å². The number of hydrogen-bond acceptors (Lipinski definition) is 3. The molecule has 3 rings (SSSR count). The van der Waals surface area contributed by atoms with Crippen molar-refractivity contribution in [3.05, 3.63) is 101 Å². The van der Waals surface area contributed by atoms with Crippen molar-refractivity contribution in [1.82, 2.24) is 0 Å². The summed E-state index contributed by atoms with van der Waals surface area (Å²) in [5.41, 5.74) is 4.22. The molecule has 0 spiro atoms. The van der Waals surface area contributed by atoms with Crippen molar-refractivity contribution < 1.29 is 14.3 Å². The number of methoxy groups -OCH3 is 1. The molecule has 3 aromatic rings. The van der Waals surface area contributed by atoms with Gasteiger partial charge in [-0.2, -0.15) is 0 Å². The van der Waals surface area contributed by atoms with E-state index in [0.717, 1.165) is 11.1 Å². The van der Waals surface area contributed by atoms with Crippen LogP contribution < -0.4 is 5.32 Å². The average Bonchev–Trinajstić information content (AvgIpc) is 2.72. The summed E-state index contributed by atoms with van der Waals surface area (Å²) < 4.78 is 4.72. The summed E-state index contributed by atoms with van der Waals surface area (Å²) >= 11 is 0. The molecule has 0 saturated heterocycles. The normalized spacial score (nSPS) is 9.79. The van der Waals surface area contributed by atoms with Crippen molar-refractivity contribution in [3.8, 4) is 11.8 Å². The van der Waals surface area contributed by atoms with Crippen LogP contribution in [0, 0.1) is 18.8 Å². The van der Waals surface area contributed by atoms with Crippen LogP contribution in [0.5, 0.6) is 0 Å². The van der Waals surface area contributed by atoms with Crippen molar-refractivity contribution >= 4 is 17.6 Å². The van der Waals surface area contributed by atoms with Gasteiger partial charge < -0.3 is 10.1 Å². The molecule has 0 aliphatic carbocycles. The summed E-state index contributed by atoms with van der Waals surface area (Å²) in [5.74, 6) is 5.52. The van der Waals surface area contributed by atoms with Crippen LogP contribution in [0.1, 0.15) is 37.4 Å². The third kappa shape index (κ3) is 4.87. The predicted molar refractivity (Wildman–Crippen MR) is 109 cm³/mol. The van der Waals surface area contributed by atoms with E-state index in [2.05, 4.69) is 17.2 Å². The number of carbonyl (C=O) groups is 2. The number of ether oxygens (including phenoxy) is 1. The summed E-state index contributed by atoms with van der Waals surface area (Å²) in [5, 5.41) is 2.89. The van der Waals surface area contributed by atoms with Crippen LogP contribution in [0.15, 0.2) is 72.8 Å². The van der Waals surface area contributed by atoms with Gasteiger partial charge in [0.1, 0.15) is 0 Å². The van der Waals surface area contributed by atoms with Gasteiger partial charge in [-0.05, 0) is 55.5 Å². The number of benzene rings is 3. The first kappa shape index (κ1) is 18.9. The Morgan fingerprint density at radius 3 is 2.18 bits per heavy atom. The Labute approximate surface area is 164 Å². The molecule has 0 unspecified atom stereocenters. The van der Waals surface area contributed by atoms with Gasteiger partial charge in [-0.25, -0.2) is 4.79 Å². The van der Waals surface area contributed by atoms with Crippen molar-refractivity contribution in [1.29, 1.82) is 0 Å². The fourth-order valence-electron chi connectivity index (χ4n) is 2.65. The minimum atomic E-state index is -0.399. The third-order valence-electron chi connectivity index (χ3n) is 4.04. The van der Waals surface area contributed by atoms with E-state index in [9.17, 15) is 9.59 Å². The largest absolute Gasteiger partial charge is 0.465 e. The van der Waals surface area contributed by atoms with Crippen LogP contribution in [-0.2, 0) is 4.74 Å². The molecule has 0 fully saturated rings. The molecule has 3 aromatic carbocycles. The Hall–Kier alpha value is -3.84. The van der Waals surface area contributed by atoms with E-state index in [1.165, 1.54) is 7.11 Å². The second-order valence-electron chi connectivity index (χ2n) is 6.23. The molecule has 1 amide bonds. The number of hydrogen-bond donors (Lipinski definition) is 1. The van der Waals surface area contributed by atoms with E-state index in [0.29, 0.717) is 22.4 Å². The number of carbonyl (C=O) groups excluding carboxylic acids is 2. The fourth-order valence-corrected chi connectivity index (χ4v) is 2.65.